The molecule has 0 aliphatic heterocycles. The van der Waals surface area contributed by atoms with Crippen molar-refractivity contribution in [1.29, 1.82) is 0 Å². The van der Waals surface area contributed by atoms with Gasteiger partial charge in [0.25, 0.3) is 0 Å². The van der Waals surface area contributed by atoms with Gasteiger partial charge < -0.3 is 9.47 Å². The first-order valence-corrected chi connectivity index (χ1v) is 15.7. The fraction of sp³-hybridized carbons (Fsp3) is 0.118. The summed E-state index contributed by atoms with van der Waals surface area (Å²) < 4.78 is 11.7. The molecule has 4 aromatic carbocycles. The van der Waals surface area contributed by atoms with Crippen molar-refractivity contribution in [3.8, 4) is 11.5 Å². The van der Waals surface area contributed by atoms with Crippen LogP contribution in [0, 0.1) is 0 Å². The normalized spacial score (nSPS) is 13.6. The van der Waals surface area contributed by atoms with Crippen molar-refractivity contribution in [2.24, 2.45) is 0 Å². The van der Waals surface area contributed by atoms with E-state index in [2.05, 4.69) is 121 Å². The molecule has 0 radical (unpaired) electrons. The number of methoxy groups -OCH3 is 2. The van der Waals surface area contributed by atoms with E-state index in [-0.39, 0.29) is 0 Å². The summed E-state index contributed by atoms with van der Waals surface area (Å²) in [6.45, 7) is 0. The number of para-hydroxylation sites is 2. The predicted molar refractivity (Wildman–Crippen MR) is 166 cm³/mol. The quantitative estimate of drug-likeness (QED) is 0.212. The summed E-state index contributed by atoms with van der Waals surface area (Å²) in [5.74, 6) is 1.85. The summed E-state index contributed by atoms with van der Waals surface area (Å²) in [6, 6.07) is 36.8. The first-order chi connectivity index (χ1) is 18.8. The molecular weight excluding hydrogens is 502 g/mol. The van der Waals surface area contributed by atoms with Crippen molar-refractivity contribution >= 4 is 37.1 Å². The Morgan fingerprint density at radius 3 is 1.87 bits per heavy atom. The van der Waals surface area contributed by atoms with E-state index in [1.165, 1.54) is 32.1 Å². The van der Waals surface area contributed by atoms with Crippen LogP contribution in [0.5, 0.6) is 11.5 Å². The van der Waals surface area contributed by atoms with Gasteiger partial charge in [0.2, 0.25) is 0 Å². The molecular formula is C34H32O2P2. The van der Waals surface area contributed by atoms with E-state index in [0.29, 0.717) is 0 Å². The molecule has 0 amide bonds. The Bertz CT molecular complexity index is 1410. The fourth-order valence-corrected chi connectivity index (χ4v) is 9.99. The molecule has 1 aliphatic carbocycles. The molecule has 1 atom stereocenters. The zero-order valence-electron chi connectivity index (χ0n) is 21.8. The molecule has 0 fully saturated rings. The smallest absolute Gasteiger partial charge is 0.126 e. The molecule has 4 aromatic rings. The molecule has 1 aliphatic rings. The van der Waals surface area contributed by atoms with E-state index < -0.39 is 15.8 Å². The number of rotatable bonds is 9. The van der Waals surface area contributed by atoms with Crippen LogP contribution in [-0.4, -0.2) is 14.2 Å². The van der Waals surface area contributed by atoms with Gasteiger partial charge in [0.05, 0.1) is 14.2 Å². The van der Waals surface area contributed by atoms with Gasteiger partial charge in [-0.3, -0.25) is 0 Å². The van der Waals surface area contributed by atoms with Crippen molar-refractivity contribution in [2.75, 3.05) is 14.2 Å². The van der Waals surface area contributed by atoms with Gasteiger partial charge in [0.15, 0.2) is 0 Å². The Kier molecular flexibility index (Phi) is 8.87. The number of benzene rings is 4. The minimum absolute atomic E-state index is 0.727. The van der Waals surface area contributed by atoms with Crippen LogP contribution in [0.2, 0.25) is 0 Å². The van der Waals surface area contributed by atoms with Crippen molar-refractivity contribution in [2.45, 2.75) is 12.6 Å². The maximum atomic E-state index is 5.87. The third kappa shape index (κ3) is 5.83. The van der Waals surface area contributed by atoms with Crippen LogP contribution < -0.4 is 30.7 Å². The molecule has 0 saturated heterocycles. The molecule has 0 bridgehead atoms. The minimum atomic E-state index is -0.804. The van der Waals surface area contributed by atoms with E-state index >= 15 is 0 Å². The zero-order chi connectivity index (χ0) is 26.2. The lowest BCUT2D eigenvalue weighted by molar-refractivity contribution is 0.417. The molecule has 0 aromatic heterocycles. The molecule has 1 unspecified atom stereocenters. The van der Waals surface area contributed by atoms with Crippen molar-refractivity contribution < 1.29 is 9.47 Å². The molecule has 5 rings (SSSR count). The van der Waals surface area contributed by atoms with Gasteiger partial charge in [-0.2, -0.15) is 0 Å². The third-order valence-corrected chi connectivity index (χ3v) is 11.7. The van der Waals surface area contributed by atoms with Crippen LogP contribution in [0.1, 0.15) is 12.0 Å². The highest BCUT2D eigenvalue weighted by Gasteiger charge is 2.26. The van der Waals surface area contributed by atoms with Gasteiger partial charge in [-0.1, -0.05) is 121 Å². The van der Waals surface area contributed by atoms with Gasteiger partial charge in [0, 0.05) is 16.8 Å². The Hall–Kier alpha value is -3.44. The van der Waals surface area contributed by atoms with Crippen LogP contribution in [0.15, 0.2) is 139 Å². The molecule has 0 heterocycles. The maximum absolute atomic E-state index is 5.87. The zero-order valence-corrected chi connectivity index (χ0v) is 23.6. The van der Waals surface area contributed by atoms with Crippen LogP contribution in [0.3, 0.4) is 0 Å². The number of allylic oxidation sites excluding steroid dienone is 6. The maximum Gasteiger partial charge on any atom is 0.126 e. The molecule has 0 saturated carbocycles. The second-order valence-corrected chi connectivity index (χ2v) is 13.2. The van der Waals surface area contributed by atoms with Crippen LogP contribution in [-0.2, 0) is 6.16 Å². The molecule has 38 heavy (non-hydrogen) atoms. The van der Waals surface area contributed by atoms with E-state index in [1.807, 2.05) is 12.1 Å². The van der Waals surface area contributed by atoms with E-state index in [0.717, 1.165) is 24.1 Å². The SMILES string of the molecule is COc1ccccc1P(Cc1ccccc1P(C1=CC=CCC=C1)c1ccccc1)c1ccccc1OC. The average Bonchev–Trinajstić information content (AvgIpc) is 3.27. The Labute approximate surface area is 228 Å². The van der Waals surface area contributed by atoms with Gasteiger partial charge in [0.1, 0.15) is 11.5 Å². The largest absolute Gasteiger partial charge is 0.496 e. The molecule has 0 spiro atoms. The third-order valence-electron chi connectivity index (χ3n) is 6.55. The number of ether oxygens (including phenoxy) is 2. The first kappa shape index (κ1) is 26.2. The summed E-state index contributed by atoms with van der Waals surface area (Å²) in [5.41, 5.74) is 1.37. The van der Waals surface area contributed by atoms with Gasteiger partial charge >= 0.3 is 0 Å². The summed E-state index contributed by atoms with van der Waals surface area (Å²) in [5, 5.41) is 6.58. The summed E-state index contributed by atoms with van der Waals surface area (Å²) in [7, 11) is 1.99. The van der Waals surface area contributed by atoms with Crippen LogP contribution in [0.25, 0.3) is 0 Å². The fourth-order valence-electron chi connectivity index (χ4n) is 4.76. The molecule has 190 valence electrons. The van der Waals surface area contributed by atoms with Crippen LogP contribution >= 0.6 is 15.8 Å². The van der Waals surface area contributed by atoms with Gasteiger partial charge in [-0.25, -0.2) is 0 Å². The summed E-state index contributed by atoms with van der Waals surface area (Å²) in [4.78, 5) is 0. The van der Waals surface area contributed by atoms with Crippen LogP contribution in [0.4, 0.5) is 0 Å². The highest BCUT2D eigenvalue weighted by atomic mass is 31.1. The topological polar surface area (TPSA) is 18.5 Å². The van der Waals surface area contributed by atoms with Crippen molar-refractivity contribution in [1.82, 2.24) is 0 Å². The Morgan fingerprint density at radius 2 is 1.21 bits per heavy atom. The Morgan fingerprint density at radius 1 is 0.632 bits per heavy atom. The lowest BCUT2D eigenvalue weighted by Gasteiger charge is -2.27. The average molecular weight is 535 g/mol. The van der Waals surface area contributed by atoms with Gasteiger partial charge in [-0.05, 0) is 55.9 Å². The predicted octanol–water partition coefficient (Wildman–Crippen LogP) is 7.17. The van der Waals surface area contributed by atoms with Gasteiger partial charge in [-0.15, -0.1) is 0 Å². The highest BCUT2D eigenvalue weighted by Crippen LogP contribution is 2.48. The standard InChI is InChI=1S/C34H32O2P2/c1-35-30-21-11-14-24-33(30)37(34-25-15-12-22-31(34)36-2)26-27-16-10-13-23-32(27)38(29-19-8-5-9-20-29)28-17-6-3-4-7-18-28/h3,5-25H,4,26H2,1-2H3. The summed E-state index contributed by atoms with van der Waals surface area (Å²) in [6.07, 6.45) is 13.2. The highest BCUT2D eigenvalue weighted by molar-refractivity contribution is 7.77. The second-order valence-electron chi connectivity index (χ2n) is 8.89. The lowest BCUT2D eigenvalue weighted by atomic mass is 10.2. The van der Waals surface area contributed by atoms with E-state index in [4.69, 9.17) is 9.47 Å². The lowest BCUT2D eigenvalue weighted by Crippen LogP contribution is -2.21. The molecule has 0 N–H and O–H groups in total. The Balaban J connectivity index is 1.67. The number of hydrogen-bond acceptors (Lipinski definition) is 2. The van der Waals surface area contributed by atoms with E-state index in [1.54, 1.807) is 14.2 Å². The second kappa shape index (κ2) is 12.9. The monoisotopic (exact) mass is 534 g/mol. The molecule has 2 nitrogen and oxygen atoms in total. The summed E-state index contributed by atoms with van der Waals surface area (Å²) >= 11 is 0. The molecule has 4 heteroatoms. The number of hydrogen-bond donors (Lipinski definition) is 0. The first-order valence-electron chi connectivity index (χ1n) is 12.8. The minimum Gasteiger partial charge on any atom is -0.496 e. The van der Waals surface area contributed by atoms with Crippen molar-refractivity contribution in [3.05, 3.63) is 144 Å². The van der Waals surface area contributed by atoms with Crippen molar-refractivity contribution in [3.63, 3.8) is 0 Å². The van der Waals surface area contributed by atoms with E-state index in [9.17, 15) is 0 Å².